The first-order valence-corrected chi connectivity index (χ1v) is 23.5. The smallest absolute Gasteiger partial charge is 0.325 e. The van der Waals surface area contributed by atoms with Crippen LogP contribution in [0.1, 0.15) is 108 Å². The van der Waals surface area contributed by atoms with E-state index >= 15 is 0 Å². The summed E-state index contributed by atoms with van der Waals surface area (Å²) in [4.78, 5) is 143. The van der Waals surface area contributed by atoms with Crippen molar-refractivity contribution in [3.05, 3.63) is 0 Å². The first-order valence-electron chi connectivity index (χ1n) is 23.5. The van der Waals surface area contributed by atoms with Gasteiger partial charge in [0.15, 0.2) is 0 Å². The highest BCUT2D eigenvalue weighted by atomic mass is 16.4. The highest BCUT2D eigenvalue weighted by Crippen LogP contribution is 2.13. The Morgan fingerprint density at radius 2 is 1.03 bits per heavy atom. The molecule has 1 fully saturated rings. The van der Waals surface area contributed by atoms with Gasteiger partial charge < -0.3 is 79.3 Å². The Hall–Kier alpha value is -5.99. The summed E-state index contributed by atoms with van der Waals surface area (Å²) in [6, 6.07) is -13.8. The van der Waals surface area contributed by atoms with Gasteiger partial charge in [-0.25, -0.2) is 0 Å². The molecule has 0 aromatic rings. The van der Waals surface area contributed by atoms with E-state index in [4.69, 9.17) is 5.73 Å². The van der Waals surface area contributed by atoms with E-state index in [0.717, 1.165) is 20.3 Å². The van der Waals surface area contributed by atoms with Crippen LogP contribution in [0.3, 0.4) is 0 Å². The van der Waals surface area contributed by atoms with Gasteiger partial charge in [-0.1, -0.05) is 48.0 Å². The molecule has 1 saturated heterocycles. The third-order valence-electron chi connectivity index (χ3n) is 11.5. The van der Waals surface area contributed by atoms with Crippen molar-refractivity contribution in [3.8, 4) is 0 Å². The van der Waals surface area contributed by atoms with Crippen LogP contribution in [0.15, 0.2) is 0 Å². The summed E-state index contributed by atoms with van der Waals surface area (Å²) in [7, 11) is 0. The second-order valence-corrected chi connectivity index (χ2v) is 18.5. The number of aliphatic hydroxyl groups is 3. The lowest BCUT2D eigenvalue weighted by atomic mass is 9.97. The summed E-state index contributed by atoms with van der Waals surface area (Å²) < 4.78 is 0. The molecule has 0 radical (unpaired) electrons. The summed E-state index contributed by atoms with van der Waals surface area (Å²) in [5, 5.41) is 65.0. The van der Waals surface area contributed by atoms with Crippen molar-refractivity contribution in [2.45, 2.75) is 180 Å². The molecule has 26 heteroatoms. The van der Waals surface area contributed by atoms with Gasteiger partial charge >= 0.3 is 5.97 Å². The third-order valence-corrected chi connectivity index (χ3v) is 11.5. The number of hydrogen-bond donors (Lipinski definition) is 15. The summed E-state index contributed by atoms with van der Waals surface area (Å²) in [5.41, 5.74) is 5.31. The molecule has 0 bridgehead atoms. The molecule has 13 atom stereocenters. The molecular formula is C44H77N11O15. The van der Waals surface area contributed by atoms with E-state index in [0.29, 0.717) is 19.4 Å². The van der Waals surface area contributed by atoms with Crippen LogP contribution in [0.25, 0.3) is 0 Å². The van der Waals surface area contributed by atoms with Crippen molar-refractivity contribution in [2.75, 3.05) is 13.2 Å². The number of amides is 10. The number of carboxylic acid groups (broad SMARTS) is 1. The third kappa shape index (κ3) is 20.5. The predicted octanol–water partition coefficient (Wildman–Crippen LogP) is -5.01. The molecule has 70 heavy (non-hydrogen) atoms. The number of nitrogens with two attached hydrogens (primary N) is 1. The van der Waals surface area contributed by atoms with E-state index in [2.05, 4.69) is 53.2 Å². The van der Waals surface area contributed by atoms with Crippen molar-refractivity contribution in [1.82, 2.24) is 53.2 Å². The minimum absolute atomic E-state index is 0.0351. The van der Waals surface area contributed by atoms with Gasteiger partial charge in [-0.2, -0.15) is 0 Å². The van der Waals surface area contributed by atoms with Crippen LogP contribution in [0, 0.1) is 17.8 Å². The maximum Gasteiger partial charge on any atom is 0.325 e. The van der Waals surface area contributed by atoms with Gasteiger partial charge in [0.2, 0.25) is 59.1 Å². The summed E-state index contributed by atoms with van der Waals surface area (Å²) >= 11 is 0. The maximum absolute atomic E-state index is 13.7. The number of rotatable bonds is 30. The first-order chi connectivity index (χ1) is 32.6. The number of hydrogen-bond acceptors (Lipinski definition) is 15. The Balaban J connectivity index is 3.21. The number of carbonyl (C=O) groups is 11. The minimum atomic E-state index is -1.90. The zero-order chi connectivity index (χ0) is 53.7. The van der Waals surface area contributed by atoms with Crippen LogP contribution in [-0.2, 0) is 52.7 Å². The number of carboxylic acids is 1. The second-order valence-electron chi connectivity index (χ2n) is 18.5. The Labute approximate surface area is 407 Å². The summed E-state index contributed by atoms with van der Waals surface area (Å²) in [6.45, 7) is 14.5. The molecule has 0 aromatic carbocycles. The molecule has 1 heterocycles. The molecule has 398 valence electrons. The Bertz CT molecular complexity index is 1840. The fourth-order valence-corrected chi connectivity index (χ4v) is 6.98. The number of carbonyl (C=O) groups excluding carboxylic acids is 10. The molecule has 0 saturated carbocycles. The van der Waals surface area contributed by atoms with E-state index < -0.39 is 163 Å². The van der Waals surface area contributed by atoms with Crippen LogP contribution in [0.2, 0.25) is 0 Å². The average Bonchev–Trinajstić information content (AvgIpc) is 3.82. The number of aliphatic carboxylic acids is 1. The van der Waals surface area contributed by atoms with Gasteiger partial charge in [-0.15, -0.1) is 0 Å². The SMILES string of the molecule is CC[C@H](C)[C@H](NC(=O)[C@H](C)NC(=O)[C@@H](NC(=O)[C@@H](NC(=O)[C@H](CCC(N)=O)NC(=O)[C@H](CO)NC(=O)[C@@H](NC(=O)[C@H](CC(C)C)NC(=O)[C@@H]1CCCN1)C(C)C)[C@@H](C)O)[C@@H](C)O)C(=O)N[C@@H](C)C(=O)O. The van der Waals surface area contributed by atoms with E-state index in [-0.39, 0.29) is 18.2 Å². The van der Waals surface area contributed by atoms with Crippen LogP contribution >= 0.6 is 0 Å². The largest absolute Gasteiger partial charge is 0.480 e. The molecule has 1 aliphatic heterocycles. The highest BCUT2D eigenvalue weighted by Gasteiger charge is 2.38. The Morgan fingerprint density at radius 1 is 0.571 bits per heavy atom. The van der Waals surface area contributed by atoms with Crippen molar-refractivity contribution in [2.24, 2.45) is 23.5 Å². The van der Waals surface area contributed by atoms with Gasteiger partial charge in [0.05, 0.1) is 24.9 Å². The highest BCUT2D eigenvalue weighted by molar-refractivity contribution is 5.99. The van der Waals surface area contributed by atoms with Crippen molar-refractivity contribution >= 4 is 65.0 Å². The lowest BCUT2D eigenvalue weighted by Crippen LogP contribution is -2.63. The number of aliphatic hydroxyl groups excluding tert-OH is 3. The Morgan fingerprint density at radius 3 is 1.50 bits per heavy atom. The average molecular weight is 1000 g/mol. The van der Waals surface area contributed by atoms with E-state index in [1.807, 2.05) is 13.8 Å². The van der Waals surface area contributed by atoms with Gasteiger partial charge in [0.1, 0.15) is 54.4 Å². The molecule has 1 aliphatic rings. The molecule has 0 spiro atoms. The Kier molecular flexibility index (Phi) is 26.5. The van der Waals surface area contributed by atoms with Crippen LogP contribution in [-0.4, -0.2) is 171 Å². The lowest BCUT2D eigenvalue weighted by molar-refractivity contribution is -0.142. The van der Waals surface area contributed by atoms with Crippen molar-refractivity contribution in [3.63, 3.8) is 0 Å². The zero-order valence-corrected chi connectivity index (χ0v) is 41.7. The topological polar surface area (TPSA) is 415 Å². The number of nitrogens with one attached hydrogen (secondary N) is 10. The van der Waals surface area contributed by atoms with E-state index in [1.54, 1.807) is 27.7 Å². The van der Waals surface area contributed by atoms with Crippen LogP contribution < -0.4 is 58.9 Å². The number of primary amides is 1. The molecule has 1 rings (SSSR count). The molecule has 0 unspecified atom stereocenters. The monoisotopic (exact) mass is 1000 g/mol. The van der Waals surface area contributed by atoms with Gasteiger partial charge in [-0.05, 0) is 77.7 Å². The van der Waals surface area contributed by atoms with E-state index in [9.17, 15) is 73.2 Å². The van der Waals surface area contributed by atoms with Crippen LogP contribution in [0.4, 0.5) is 0 Å². The predicted molar refractivity (Wildman–Crippen MR) is 250 cm³/mol. The molecule has 0 aliphatic carbocycles. The van der Waals surface area contributed by atoms with Gasteiger partial charge in [0, 0.05) is 6.42 Å². The lowest BCUT2D eigenvalue weighted by Gasteiger charge is -2.29. The van der Waals surface area contributed by atoms with Crippen LogP contribution in [0.5, 0.6) is 0 Å². The van der Waals surface area contributed by atoms with Crippen molar-refractivity contribution < 1.29 is 73.2 Å². The fourth-order valence-electron chi connectivity index (χ4n) is 6.98. The second kappa shape index (κ2) is 29.9. The van der Waals surface area contributed by atoms with Gasteiger partial charge in [0.25, 0.3) is 0 Å². The first kappa shape index (κ1) is 62.0. The normalized spacial score (nSPS) is 18.6. The molecule has 10 amide bonds. The molecule has 0 aromatic heterocycles. The quantitative estimate of drug-likeness (QED) is 0.0320. The standard InChI is InChI=1S/C44H77N11O15/c1-11-21(6)32(41(66)48-23(8)44(69)70)53-35(60)22(7)47-42(67)33(24(9)57)55-43(68)34(25(10)58)54-37(62)27(14-15-30(45)59)49-39(64)29(18-56)51-40(65)31(20(4)5)52-38(63)28(17-19(2)3)50-36(61)26-13-12-16-46-26/h19-29,31-34,46,56-58H,11-18H2,1-10H3,(H2,45,59)(H,47,67)(H,48,66)(H,49,64)(H,50,61)(H,51,65)(H,52,63)(H,53,60)(H,54,62)(H,55,68)(H,69,70)/t21-,22-,23-,24+,25+,26-,27-,28-,29-,31-,32-,33-,34-/m0/s1. The summed E-state index contributed by atoms with van der Waals surface area (Å²) in [5.74, 6) is -11.6. The van der Waals surface area contributed by atoms with Crippen molar-refractivity contribution in [1.29, 1.82) is 0 Å². The zero-order valence-electron chi connectivity index (χ0n) is 41.7. The molecule has 26 nitrogen and oxygen atoms in total. The summed E-state index contributed by atoms with van der Waals surface area (Å²) in [6.07, 6.45) is -2.36. The van der Waals surface area contributed by atoms with E-state index in [1.165, 1.54) is 13.8 Å². The molecule has 16 N–H and O–H groups in total. The maximum atomic E-state index is 13.7. The minimum Gasteiger partial charge on any atom is -0.480 e. The fraction of sp³-hybridized carbons (Fsp3) is 0.750. The van der Waals surface area contributed by atoms with Gasteiger partial charge in [-0.3, -0.25) is 52.7 Å². The molecular weight excluding hydrogens is 923 g/mol.